The lowest BCUT2D eigenvalue weighted by atomic mass is 10.1. The fourth-order valence-corrected chi connectivity index (χ4v) is 2.08. The first-order valence-corrected chi connectivity index (χ1v) is 7.04. The molecule has 1 N–H and O–H groups in total. The summed E-state index contributed by atoms with van der Waals surface area (Å²) in [5.74, 6) is 0.434. The lowest BCUT2D eigenvalue weighted by Crippen LogP contribution is -2.30. The van der Waals surface area contributed by atoms with E-state index in [1.54, 1.807) is 24.9 Å². The lowest BCUT2D eigenvalue weighted by Gasteiger charge is -2.17. The van der Waals surface area contributed by atoms with Crippen LogP contribution in [-0.4, -0.2) is 34.4 Å². The minimum absolute atomic E-state index is 0.130. The molecule has 0 aliphatic rings. The molecule has 0 spiro atoms. The van der Waals surface area contributed by atoms with Crippen LogP contribution < -0.4 is 10.1 Å². The van der Waals surface area contributed by atoms with Gasteiger partial charge in [-0.3, -0.25) is 4.79 Å². The molecule has 2 rings (SSSR count). The third-order valence-electron chi connectivity index (χ3n) is 3.31. The number of carbonyl (C=O) groups excluding carboxylic acids is 1. The van der Waals surface area contributed by atoms with E-state index < -0.39 is 6.04 Å². The number of methoxy groups -OCH3 is 1. The Labute approximate surface area is 133 Å². The summed E-state index contributed by atoms with van der Waals surface area (Å²) < 4.78 is 25.6. The molecule has 0 saturated carbocycles. The number of halogens is 1. The van der Waals surface area contributed by atoms with Gasteiger partial charge in [-0.1, -0.05) is 0 Å². The number of benzene rings is 1. The van der Waals surface area contributed by atoms with Crippen molar-refractivity contribution in [2.24, 2.45) is 7.05 Å². The molecule has 0 aliphatic heterocycles. The maximum atomic E-state index is 13.4. The number of amides is 1. The summed E-state index contributed by atoms with van der Waals surface area (Å²) in [5.41, 5.74) is 0.564. The van der Waals surface area contributed by atoms with E-state index in [1.807, 2.05) is 0 Å². The highest BCUT2D eigenvalue weighted by Crippen LogP contribution is 2.25. The molecule has 1 atom stereocenters. The predicted molar refractivity (Wildman–Crippen MR) is 80.2 cm³/mol. The number of aromatic nitrogens is 3. The second-order valence-corrected chi connectivity index (χ2v) is 5.03. The van der Waals surface area contributed by atoms with Gasteiger partial charge in [0, 0.05) is 12.6 Å². The Balaban J connectivity index is 1.87. The van der Waals surface area contributed by atoms with Crippen molar-refractivity contribution < 1.29 is 18.7 Å². The van der Waals surface area contributed by atoms with Crippen LogP contribution in [0.15, 0.2) is 24.5 Å². The average molecular weight is 322 g/mol. The lowest BCUT2D eigenvalue weighted by molar-refractivity contribution is -0.126. The molecule has 0 fully saturated rings. The number of aryl methyl sites for hydroxylation is 1. The normalized spacial score (nSPS) is 12.0. The maximum Gasteiger partial charge on any atom is 0.246 e. The molecule has 0 bridgehead atoms. The molecule has 1 heterocycles. The first-order valence-electron chi connectivity index (χ1n) is 7.04. The Morgan fingerprint density at radius 1 is 1.48 bits per heavy atom. The molecule has 7 nitrogen and oxygen atoms in total. The molecule has 1 unspecified atom stereocenters. The van der Waals surface area contributed by atoms with Crippen LogP contribution in [0.25, 0.3) is 0 Å². The Hall–Kier alpha value is -2.48. The Kier molecular flexibility index (Phi) is 5.64. The molecule has 8 heteroatoms. The van der Waals surface area contributed by atoms with Gasteiger partial charge in [0.05, 0.1) is 13.2 Å². The van der Waals surface area contributed by atoms with Crippen LogP contribution in [0.3, 0.4) is 0 Å². The van der Waals surface area contributed by atoms with Crippen LogP contribution in [0.5, 0.6) is 5.75 Å². The first kappa shape index (κ1) is 16.9. The van der Waals surface area contributed by atoms with E-state index in [0.29, 0.717) is 17.1 Å². The quantitative estimate of drug-likeness (QED) is 0.833. The van der Waals surface area contributed by atoms with E-state index in [9.17, 15) is 9.18 Å². The van der Waals surface area contributed by atoms with Gasteiger partial charge in [0.15, 0.2) is 5.82 Å². The third kappa shape index (κ3) is 4.49. The van der Waals surface area contributed by atoms with Gasteiger partial charge < -0.3 is 19.4 Å². The monoisotopic (exact) mass is 322 g/mol. The topological polar surface area (TPSA) is 78.3 Å². The molecule has 1 amide bonds. The number of hydrogen-bond acceptors (Lipinski definition) is 5. The minimum atomic E-state index is -0.411. The Bertz CT molecular complexity index is 674. The van der Waals surface area contributed by atoms with Crippen molar-refractivity contribution >= 4 is 5.91 Å². The summed E-state index contributed by atoms with van der Waals surface area (Å²) in [5, 5.41) is 10.3. The number of nitrogens with zero attached hydrogens (tertiary/aromatic N) is 3. The summed E-state index contributed by atoms with van der Waals surface area (Å²) in [4.78, 5) is 11.9. The molecule has 23 heavy (non-hydrogen) atoms. The van der Waals surface area contributed by atoms with E-state index in [2.05, 4.69) is 15.5 Å². The van der Waals surface area contributed by atoms with Crippen LogP contribution in [-0.2, 0) is 23.2 Å². The van der Waals surface area contributed by atoms with Gasteiger partial charge in [-0.25, -0.2) is 4.39 Å². The van der Waals surface area contributed by atoms with Crippen molar-refractivity contribution in [2.45, 2.75) is 19.6 Å². The molecular weight excluding hydrogens is 303 g/mol. The molecule has 1 aromatic carbocycles. The molecule has 0 aliphatic carbocycles. The fourth-order valence-electron chi connectivity index (χ4n) is 2.08. The van der Waals surface area contributed by atoms with Crippen LogP contribution in [0.2, 0.25) is 0 Å². The average Bonchev–Trinajstić information content (AvgIpc) is 2.92. The summed E-state index contributed by atoms with van der Waals surface area (Å²) in [7, 11) is 3.28. The van der Waals surface area contributed by atoms with E-state index in [4.69, 9.17) is 9.47 Å². The van der Waals surface area contributed by atoms with Gasteiger partial charge in [-0.15, -0.1) is 10.2 Å². The van der Waals surface area contributed by atoms with Crippen molar-refractivity contribution in [3.05, 3.63) is 41.7 Å². The Morgan fingerprint density at radius 3 is 2.91 bits per heavy atom. The van der Waals surface area contributed by atoms with Gasteiger partial charge in [-0.2, -0.15) is 0 Å². The molecule has 124 valence electrons. The van der Waals surface area contributed by atoms with E-state index in [-0.39, 0.29) is 24.9 Å². The van der Waals surface area contributed by atoms with Crippen LogP contribution in [0.1, 0.15) is 24.4 Å². The first-order chi connectivity index (χ1) is 11.0. The van der Waals surface area contributed by atoms with Gasteiger partial charge >= 0.3 is 0 Å². The van der Waals surface area contributed by atoms with E-state index in [0.717, 1.165) is 0 Å². The zero-order chi connectivity index (χ0) is 16.8. The van der Waals surface area contributed by atoms with Crippen molar-refractivity contribution in [3.63, 3.8) is 0 Å². The van der Waals surface area contributed by atoms with Gasteiger partial charge in [0.1, 0.15) is 31.1 Å². The SMILES string of the molecule is COc1ccc(F)cc1C(C)NC(=O)COCc1nncn1C. The summed E-state index contributed by atoms with van der Waals surface area (Å²) in [6.45, 7) is 1.80. The molecular formula is C15H19FN4O3. The molecule has 0 radical (unpaired) electrons. The standard InChI is InChI=1S/C15H19FN4O3/c1-10(12-6-11(16)4-5-13(12)22-3)18-15(21)8-23-7-14-19-17-9-20(14)2/h4-6,9-10H,7-8H2,1-3H3,(H,18,21). The van der Waals surface area contributed by atoms with E-state index >= 15 is 0 Å². The number of hydrogen-bond donors (Lipinski definition) is 1. The largest absolute Gasteiger partial charge is 0.496 e. The predicted octanol–water partition coefficient (Wildman–Crippen LogP) is 1.36. The highest BCUT2D eigenvalue weighted by Gasteiger charge is 2.15. The molecule has 0 saturated heterocycles. The highest BCUT2D eigenvalue weighted by molar-refractivity contribution is 5.77. The zero-order valence-corrected chi connectivity index (χ0v) is 13.2. The van der Waals surface area contributed by atoms with Gasteiger partial charge in [0.2, 0.25) is 5.91 Å². The Morgan fingerprint density at radius 2 is 2.26 bits per heavy atom. The smallest absolute Gasteiger partial charge is 0.246 e. The highest BCUT2D eigenvalue weighted by atomic mass is 19.1. The summed E-state index contributed by atoms with van der Waals surface area (Å²) in [6, 6.07) is 3.76. The fraction of sp³-hybridized carbons (Fsp3) is 0.400. The van der Waals surface area contributed by atoms with Crippen molar-refractivity contribution in [1.82, 2.24) is 20.1 Å². The van der Waals surface area contributed by atoms with Crippen LogP contribution >= 0.6 is 0 Å². The van der Waals surface area contributed by atoms with Gasteiger partial charge in [0.25, 0.3) is 0 Å². The summed E-state index contributed by atoms with van der Waals surface area (Å²) in [6.07, 6.45) is 1.55. The number of nitrogens with one attached hydrogen (secondary N) is 1. The number of ether oxygens (including phenoxy) is 2. The second-order valence-electron chi connectivity index (χ2n) is 5.03. The molecule has 1 aromatic heterocycles. The third-order valence-corrected chi connectivity index (χ3v) is 3.31. The number of rotatable bonds is 7. The van der Waals surface area contributed by atoms with Crippen molar-refractivity contribution in [2.75, 3.05) is 13.7 Å². The van der Waals surface area contributed by atoms with Crippen molar-refractivity contribution in [3.8, 4) is 5.75 Å². The van der Waals surface area contributed by atoms with Gasteiger partial charge in [-0.05, 0) is 25.1 Å². The zero-order valence-electron chi connectivity index (χ0n) is 13.2. The van der Waals surface area contributed by atoms with Crippen molar-refractivity contribution in [1.29, 1.82) is 0 Å². The maximum absolute atomic E-state index is 13.4. The number of carbonyl (C=O) groups is 1. The molecule has 2 aromatic rings. The minimum Gasteiger partial charge on any atom is -0.496 e. The van der Waals surface area contributed by atoms with Crippen LogP contribution in [0.4, 0.5) is 4.39 Å². The second kappa shape index (κ2) is 7.68. The summed E-state index contributed by atoms with van der Waals surface area (Å²) >= 11 is 0. The van der Waals surface area contributed by atoms with E-state index in [1.165, 1.54) is 25.3 Å². The van der Waals surface area contributed by atoms with Crippen LogP contribution in [0, 0.1) is 5.82 Å².